The molecule has 0 saturated heterocycles. The van der Waals surface area contributed by atoms with Crippen molar-refractivity contribution in [3.8, 4) is 0 Å². The number of nitro groups is 1. The van der Waals surface area contributed by atoms with Crippen LogP contribution in [-0.4, -0.2) is 10.1 Å². The number of fused-ring (bicyclic) bond motifs is 1. The molecule has 0 radical (unpaired) electrons. The average Bonchev–Trinajstić information content (AvgIpc) is 2.19. The molecule has 0 saturated carbocycles. The first-order chi connectivity index (χ1) is 7.49. The Morgan fingerprint density at radius 3 is 2.62 bits per heavy atom. The maximum absolute atomic E-state index is 13.3. The minimum atomic E-state index is -0.971. The van der Waals surface area contributed by atoms with E-state index >= 15 is 0 Å². The van der Waals surface area contributed by atoms with E-state index in [-0.39, 0.29) is 10.9 Å². The van der Waals surface area contributed by atoms with Gasteiger partial charge in [-0.2, -0.15) is 0 Å². The Morgan fingerprint density at radius 2 is 2.00 bits per heavy atom. The van der Waals surface area contributed by atoms with Gasteiger partial charge in [0, 0.05) is 16.9 Å². The molecule has 2 rings (SSSR count). The normalized spacial score (nSPS) is 10.6. The van der Waals surface area contributed by atoms with Crippen molar-refractivity contribution in [2.75, 3.05) is 0 Å². The molecule has 0 fully saturated rings. The van der Waals surface area contributed by atoms with Crippen molar-refractivity contribution in [2.45, 2.75) is 0 Å². The molecule has 7 heteroatoms. The van der Waals surface area contributed by atoms with Gasteiger partial charge in [0.1, 0.15) is 11.6 Å². The lowest BCUT2D eigenvalue weighted by Crippen LogP contribution is -2.31. The van der Waals surface area contributed by atoms with Crippen LogP contribution in [0.5, 0.6) is 0 Å². The van der Waals surface area contributed by atoms with Crippen molar-refractivity contribution in [1.29, 1.82) is 0 Å². The molecule has 0 amide bonds. The molecule has 0 spiro atoms. The second-order valence-corrected chi connectivity index (χ2v) is 3.12. The summed E-state index contributed by atoms with van der Waals surface area (Å²) in [7, 11) is 0. The Bertz CT molecular complexity index is 601. The van der Waals surface area contributed by atoms with E-state index in [1.54, 1.807) is 0 Å². The standard InChI is InChI=1S/C9H5F2N2O3/c10-5-1-8(11)7-3-6(13(15)16)4-12(14)9(7)2-5/h1-4,14H/q+1. The summed E-state index contributed by atoms with van der Waals surface area (Å²) in [6, 6.07) is 2.39. The Hall–Kier alpha value is -2.31. The minimum absolute atomic E-state index is 0.178. The van der Waals surface area contributed by atoms with Gasteiger partial charge in [-0.05, 0) is 0 Å². The van der Waals surface area contributed by atoms with Crippen molar-refractivity contribution in [3.05, 3.63) is 46.1 Å². The maximum atomic E-state index is 13.3. The molecule has 82 valence electrons. The molecule has 16 heavy (non-hydrogen) atoms. The van der Waals surface area contributed by atoms with Gasteiger partial charge in [-0.1, -0.05) is 0 Å². The van der Waals surface area contributed by atoms with Crippen LogP contribution in [-0.2, 0) is 0 Å². The van der Waals surface area contributed by atoms with E-state index in [0.29, 0.717) is 10.8 Å². The summed E-state index contributed by atoms with van der Waals surface area (Å²) in [5.74, 6) is -1.84. The highest BCUT2D eigenvalue weighted by Gasteiger charge is 2.21. The van der Waals surface area contributed by atoms with Crippen LogP contribution in [0, 0.1) is 21.7 Å². The lowest BCUT2D eigenvalue weighted by atomic mass is 10.2. The highest BCUT2D eigenvalue weighted by Crippen LogP contribution is 2.20. The molecule has 0 bridgehead atoms. The van der Waals surface area contributed by atoms with Crippen LogP contribution in [0.1, 0.15) is 0 Å². The van der Waals surface area contributed by atoms with Crippen LogP contribution < -0.4 is 4.73 Å². The molecule has 0 unspecified atom stereocenters. The molecule has 0 aliphatic heterocycles. The monoisotopic (exact) mass is 227 g/mol. The van der Waals surface area contributed by atoms with Gasteiger partial charge in [-0.3, -0.25) is 15.3 Å². The number of aromatic nitrogens is 1. The van der Waals surface area contributed by atoms with Crippen molar-refractivity contribution < 1.29 is 23.6 Å². The average molecular weight is 227 g/mol. The van der Waals surface area contributed by atoms with Gasteiger partial charge >= 0.3 is 5.69 Å². The van der Waals surface area contributed by atoms with E-state index in [9.17, 15) is 24.1 Å². The van der Waals surface area contributed by atoms with Gasteiger partial charge in [0.25, 0.3) is 11.7 Å². The molecule has 1 aromatic heterocycles. The molecule has 0 aliphatic carbocycles. The van der Waals surface area contributed by atoms with Crippen LogP contribution in [0.3, 0.4) is 0 Å². The summed E-state index contributed by atoms with van der Waals surface area (Å²) in [6.45, 7) is 0. The molecule has 1 heterocycles. The molecule has 2 aromatic rings. The quantitative estimate of drug-likeness (QED) is 0.348. The van der Waals surface area contributed by atoms with Crippen molar-refractivity contribution in [2.24, 2.45) is 0 Å². The first kappa shape index (κ1) is 10.2. The number of rotatable bonds is 1. The second-order valence-electron chi connectivity index (χ2n) is 3.12. The van der Waals surface area contributed by atoms with Crippen LogP contribution in [0.15, 0.2) is 24.4 Å². The number of benzene rings is 1. The Balaban J connectivity index is 2.87. The van der Waals surface area contributed by atoms with E-state index in [1.807, 2.05) is 0 Å². The number of halogens is 2. The van der Waals surface area contributed by atoms with Crippen molar-refractivity contribution in [1.82, 2.24) is 0 Å². The largest absolute Gasteiger partial charge is 0.338 e. The van der Waals surface area contributed by atoms with E-state index in [0.717, 1.165) is 18.3 Å². The second kappa shape index (κ2) is 3.37. The molecular formula is C9H5F2N2O3+. The fraction of sp³-hybridized carbons (Fsp3) is 0. The zero-order valence-electron chi connectivity index (χ0n) is 7.72. The van der Waals surface area contributed by atoms with E-state index in [1.165, 1.54) is 0 Å². The number of nitrogens with zero attached hydrogens (tertiary/aromatic N) is 2. The molecule has 1 N–H and O–H groups in total. The molecule has 0 atom stereocenters. The zero-order valence-corrected chi connectivity index (χ0v) is 7.72. The number of pyridine rings is 1. The lowest BCUT2D eigenvalue weighted by Gasteiger charge is -1.96. The fourth-order valence-electron chi connectivity index (χ4n) is 1.38. The SMILES string of the molecule is O=[N+]([O-])c1cc2c(F)cc(F)cc2[n+](O)c1. The van der Waals surface area contributed by atoms with E-state index < -0.39 is 22.2 Å². The molecule has 0 aliphatic rings. The maximum Gasteiger partial charge on any atom is 0.338 e. The Kier molecular flexibility index (Phi) is 2.15. The van der Waals surface area contributed by atoms with Crippen LogP contribution in [0.4, 0.5) is 14.5 Å². The lowest BCUT2D eigenvalue weighted by molar-refractivity contribution is -0.885. The highest BCUT2D eigenvalue weighted by atomic mass is 19.1. The highest BCUT2D eigenvalue weighted by molar-refractivity contribution is 5.78. The minimum Gasteiger partial charge on any atom is -0.284 e. The summed E-state index contributed by atoms with van der Waals surface area (Å²) in [6.07, 6.45) is 0.765. The van der Waals surface area contributed by atoms with Crippen LogP contribution in [0.2, 0.25) is 0 Å². The summed E-state index contributed by atoms with van der Waals surface area (Å²) in [5, 5.41) is 19.6. The third-order valence-electron chi connectivity index (χ3n) is 2.08. The van der Waals surface area contributed by atoms with Crippen molar-refractivity contribution in [3.63, 3.8) is 0 Å². The van der Waals surface area contributed by atoms with Gasteiger partial charge in [-0.25, -0.2) is 8.78 Å². The molecule has 5 nitrogen and oxygen atoms in total. The number of hydrogen-bond acceptors (Lipinski definition) is 3. The summed E-state index contributed by atoms with van der Waals surface area (Å²) >= 11 is 0. The summed E-state index contributed by atoms with van der Waals surface area (Å²) in [4.78, 5) is 9.68. The topological polar surface area (TPSA) is 67.2 Å². The van der Waals surface area contributed by atoms with Crippen LogP contribution >= 0.6 is 0 Å². The molecular weight excluding hydrogens is 222 g/mol. The Morgan fingerprint density at radius 1 is 1.31 bits per heavy atom. The summed E-state index contributed by atoms with van der Waals surface area (Å²) < 4.78 is 26.4. The first-order valence-corrected chi connectivity index (χ1v) is 4.17. The van der Waals surface area contributed by atoms with Crippen LogP contribution in [0.25, 0.3) is 10.9 Å². The summed E-state index contributed by atoms with van der Waals surface area (Å²) in [5.41, 5.74) is -0.663. The predicted molar refractivity (Wildman–Crippen MR) is 47.9 cm³/mol. The zero-order chi connectivity index (χ0) is 11.9. The Labute approximate surface area is 87.3 Å². The van der Waals surface area contributed by atoms with E-state index in [4.69, 9.17) is 0 Å². The fourth-order valence-corrected chi connectivity index (χ4v) is 1.38. The third kappa shape index (κ3) is 1.52. The van der Waals surface area contributed by atoms with Gasteiger partial charge in [0.15, 0.2) is 0 Å². The van der Waals surface area contributed by atoms with Gasteiger partial charge < -0.3 is 0 Å². The number of hydrogen-bond donors (Lipinski definition) is 1. The van der Waals surface area contributed by atoms with E-state index in [2.05, 4.69) is 0 Å². The van der Waals surface area contributed by atoms with Gasteiger partial charge in [0.2, 0.25) is 0 Å². The first-order valence-electron chi connectivity index (χ1n) is 4.17. The smallest absolute Gasteiger partial charge is 0.284 e. The van der Waals surface area contributed by atoms with Gasteiger partial charge in [0.05, 0.1) is 16.4 Å². The predicted octanol–water partition coefficient (Wildman–Crippen LogP) is 1.55. The molecule has 1 aromatic carbocycles. The van der Waals surface area contributed by atoms with Crippen molar-refractivity contribution >= 4 is 16.6 Å². The third-order valence-corrected chi connectivity index (χ3v) is 2.08. The van der Waals surface area contributed by atoms with Gasteiger partial charge in [-0.15, -0.1) is 0 Å².